The Morgan fingerprint density at radius 2 is 1.92 bits per heavy atom. The van der Waals surface area contributed by atoms with Gasteiger partial charge in [0.15, 0.2) is 0 Å². The largest absolute Gasteiger partial charge is 0.374 e. The minimum absolute atomic E-state index is 0.688. The van der Waals surface area contributed by atoms with Crippen molar-refractivity contribution in [2.45, 2.75) is 40.0 Å². The summed E-state index contributed by atoms with van der Waals surface area (Å²) in [5.74, 6) is 1.69. The molecule has 0 aliphatic carbocycles. The molecule has 1 aliphatic rings. The number of nitrogens with one attached hydrogen (secondary N) is 1. The molecule has 0 spiro atoms. The van der Waals surface area contributed by atoms with E-state index in [1.165, 1.54) is 11.3 Å². The van der Waals surface area contributed by atoms with Crippen molar-refractivity contribution < 1.29 is 0 Å². The first-order valence-corrected chi connectivity index (χ1v) is 9.38. The van der Waals surface area contributed by atoms with Crippen LogP contribution >= 0.6 is 0 Å². The molecule has 5 nitrogen and oxygen atoms in total. The summed E-state index contributed by atoms with van der Waals surface area (Å²) in [4.78, 5) is 14.0. The summed E-state index contributed by atoms with van der Waals surface area (Å²) in [6.45, 7) is 9.49. The van der Waals surface area contributed by atoms with E-state index in [0.29, 0.717) is 5.95 Å². The smallest absolute Gasteiger partial charge is 0.229 e. The average Bonchev–Trinajstić information content (AvgIpc) is 2.97. The van der Waals surface area contributed by atoms with Crippen LogP contribution in [0.5, 0.6) is 0 Å². The molecule has 0 fully saturated rings. The van der Waals surface area contributed by atoms with Gasteiger partial charge in [-0.15, -0.1) is 0 Å². The topological polar surface area (TPSA) is 44.3 Å². The van der Waals surface area contributed by atoms with Gasteiger partial charge in [-0.25, -0.2) is 4.98 Å². The fourth-order valence-electron chi connectivity index (χ4n) is 3.38. The van der Waals surface area contributed by atoms with E-state index in [4.69, 9.17) is 9.97 Å². The molecule has 0 unspecified atom stereocenters. The van der Waals surface area contributed by atoms with Crippen LogP contribution in [0.1, 0.15) is 38.4 Å². The Morgan fingerprint density at radius 1 is 1.12 bits per heavy atom. The molecule has 3 rings (SSSR count). The summed E-state index contributed by atoms with van der Waals surface area (Å²) in [5.41, 5.74) is 4.86. The highest BCUT2D eigenvalue weighted by molar-refractivity contribution is 5.68. The van der Waals surface area contributed by atoms with Gasteiger partial charge in [-0.1, -0.05) is 19.4 Å². The zero-order valence-corrected chi connectivity index (χ0v) is 15.8. The Balaban J connectivity index is 1.89. The van der Waals surface area contributed by atoms with Crippen LogP contribution in [0, 0.1) is 0 Å². The third-order valence-corrected chi connectivity index (χ3v) is 4.83. The normalized spacial score (nSPS) is 13.0. The second-order valence-electron chi connectivity index (χ2n) is 6.60. The monoisotopic (exact) mass is 339 g/mol. The third-order valence-electron chi connectivity index (χ3n) is 4.83. The first kappa shape index (κ1) is 17.5. The van der Waals surface area contributed by atoms with E-state index < -0.39 is 0 Å². The van der Waals surface area contributed by atoms with Crippen LogP contribution in [0.25, 0.3) is 0 Å². The SMILES string of the molecule is CCCc1cc(N(CC)CC)nc(Nc2ccc3c(c2)N(C)CC3)n1. The molecule has 0 radical (unpaired) electrons. The van der Waals surface area contributed by atoms with Gasteiger partial charge >= 0.3 is 0 Å². The number of benzene rings is 1. The molecule has 0 saturated heterocycles. The van der Waals surface area contributed by atoms with Gasteiger partial charge in [0.2, 0.25) is 5.95 Å². The summed E-state index contributed by atoms with van der Waals surface area (Å²) in [7, 11) is 2.15. The fourth-order valence-corrected chi connectivity index (χ4v) is 3.38. The van der Waals surface area contributed by atoms with Crippen molar-refractivity contribution >= 4 is 23.1 Å². The van der Waals surface area contributed by atoms with Gasteiger partial charge in [-0.05, 0) is 44.4 Å². The fraction of sp³-hybridized carbons (Fsp3) is 0.500. The maximum Gasteiger partial charge on any atom is 0.229 e. The van der Waals surface area contributed by atoms with Crippen LogP contribution in [-0.2, 0) is 12.8 Å². The zero-order valence-electron chi connectivity index (χ0n) is 15.8. The molecule has 1 aromatic carbocycles. The van der Waals surface area contributed by atoms with E-state index in [1.54, 1.807) is 0 Å². The number of hydrogen-bond acceptors (Lipinski definition) is 5. The van der Waals surface area contributed by atoms with Crippen LogP contribution in [0.4, 0.5) is 23.1 Å². The van der Waals surface area contributed by atoms with Gasteiger partial charge < -0.3 is 15.1 Å². The molecule has 2 heterocycles. The van der Waals surface area contributed by atoms with Gasteiger partial charge in [0.1, 0.15) is 5.82 Å². The van der Waals surface area contributed by atoms with E-state index in [1.807, 2.05) is 0 Å². The van der Waals surface area contributed by atoms with Crippen LogP contribution < -0.4 is 15.1 Å². The Morgan fingerprint density at radius 3 is 2.64 bits per heavy atom. The number of anilines is 4. The summed E-state index contributed by atoms with van der Waals surface area (Å²) in [6.07, 6.45) is 3.18. The molecule has 1 aromatic heterocycles. The highest BCUT2D eigenvalue weighted by atomic mass is 15.2. The summed E-state index contributed by atoms with van der Waals surface area (Å²) < 4.78 is 0. The van der Waals surface area contributed by atoms with Crippen LogP contribution in [0.2, 0.25) is 0 Å². The van der Waals surface area contributed by atoms with Gasteiger partial charge in [-0.2, -0.15) is 4.98 Å². The minimum Gasteiger partial charge on any atom is -0.374 e. The van der Waals surface area contributed by atoms with Crippen molar-refractivity contribution in [1.29, 1.82) is 0 Å². The molecule has 0 bridgehead atoms. The lowest BCUT2D eigenvalue weighted by Gasteiger charge is -2.21. The van der Waals surface area contributed by atoms with Crippen LogP contribution in [0.15, 0.2) is 24.3 Å². The second kappa shape index (κ2) is 7.72. The lowest BCUT2D eigenvalue weighted by molar-refractivity contribution is 0.824. The molecule has 0 atom stereocenters. The van der Waals surface area contributed by atoms with Crippen molar-refractivity contribution in [2.75, 3.05) is 41.8 Å². The van der Waals surface area contributed by atoms with Gasteiger partial charge in [-0.3, -0.25) is 0 Å². The summed E-state index contributed by atoms with van der Waals surface area (Å²) in [5, 5.41) is 3.42. The van der Waals surface area contributed by atoms with Gasteiger partial charge in [0, 0.05) is 49.8 Å². The van der Waals surface area contributed by atoms with E-state index in [9.17, 15) is 0 Å². The molecular formula is C20H29N5. The molecule has 1 aliphatic heterocycles. The minimum atomic E-state index is 0.688. The maximum absolute atomic E-state index is 4.76. The number of nitrogens with zero attached hydrogens (tertiary/aromatic N) is 4. The predicted octanol–water partition coefficient (Wildman–Crippen LogP) is 4.01. The van der Waals surface area contributed by atoms with E-state index in [-0.39, 0.29) is 0 Å². The Hall–Kier alpha value is -2.30. The average molecular weight is 339 g/mol. The second-order valence-corrected chi connectivity index (χ2v) is 6.60. The van der Waals surface area contributed by atoms with E-state index >= 15 is 0 Å². The van der Waals surface area contributed by atoms with Crippen molar-refractivity contribution in [3.63, 3.8) is 0 Å². The lowest BCUT2D eigenvalue weighted by atomic mass is 10.1. The molecular weight excluding hydrogens is 310 g/mol. The molecule has 25 heavy (non-hydrogen) atoms. The number of likely N-dealkylation sites (N-methyl/N-ethyl adjacent to an activating group) is 1. The predicted molar refractivity (Wildman–Crippen MR) is 106 cm³/mol. The van der Waals surface area contributed by atoms with Crippen molar-refractivity contribution in [1.82, 2.24) is 9.97 Å². The van der Waals surface area contributed by atoms with Crippen LogP contribution in [-0.4, -0.2) is 36.6 Å². The van der Waals surface area contributed by atoms with Crippen molar-refractivity contribution in [2.24, 2.45) is 0 Å². The first-order chi connectivity index (χ1) is 12.1. The molecule has 1 N–H and O–H groups in total. The van der Waals surface area contributed by atoms with Crippen LogP contribution in [0.3, 0.4) is 0 Å². The first-order valence-electron chi connectivity index (χ1n) is 9.38. The van der Waals surface area contributed by atoms with E-state index in [2.05, 4.69) is 67.2 Å². The Labute approximate surface area is 151 Å². The zero-order chi connectivity index (χ0) is 17.8. The molecule has 2 aromatic rings. The van der Waals surface area contributed by atoms with Crippen molar-refractivity contribution in [3.8, 4) is 0 Å². The maximum atomic E-state index is 4.76. The highest BCUT2D eigenvalue weighted by Crippen LogP contribution is 2.30. The van der Waals surface area contributed by atoms with Gasteiger partial charge in [0.05, 0.1) is 0 Å². The summed E-state index contributed by atoms with van der Waals surface area (Å²) >= 11 is 0. The van der Waals surface area contributed by atoms with Crippen molar-refractivity contribution in [3.05, 3.63) is 35.5 Å². The number of aromatic nitrogens is 2. The Bertz CT molecular complexity index is 724. The number of fused-ring (bicyclic) bond motifs is 1. The standard InChI is InChI=1S/C20H29N5/c1-5-8-16-14-19(25(6-2)7-3)23-20(21-16)22-17-10-9-15-11-12-24(4)18(15)13-17/h9-10,13-14H,5-8,11-12H2,1-4H3,(H,21,22,23). The quantitative estimate of drug-likeness (QED) is 0.826. The molecule has 0 saturated carbocycles. The third kappa shape index (κ3) is 3.86. The molecule has 0 amide bonds. The van der Waals surface area contributed by atoms with E-state index in [0.717, 1.165) is 56.1 Å². The lowest BCUT2D eigenvalue weighted by Crippen LogP contribution is -2.23. The molecule has 5 heteroatoms. The number of aryl methyl sites for hydroxylation is 1. The number of hydrogen-bond donors (Lipinski definition) is 1. The number of rotatable bonds is 7. The highest BCUT2D eigenvalue weighted by Gasteiger charge is 2.16. The van der Waals surface area contributed by atoms with Gasteiger partial charge in [0.25, 0.3) is 0 Å². The summed E-state index contributed by atoms with van der Waals surface area (Å²) in [6, 6.07) is 8.67. The molecule has 134 valence electrons. The Kier molecular flexibility index (Phi) is 5.41.